The first-order valence-electron chi connectivity index (χ1n) is 5.30. The van der Waals surface area contributed by atoms with Gasteiger partial charge in [-0.05, 0) is 12.8 Å². The van der Waals surface area contributed by atoms with Crippen molar-refractivity contribution in [1.29, 1.82) is 0 Å². The van der Waals surface area contributed by atoms with E-state index in [0.717, 1.165) is 24.3 Å². The zero-order chi connectivity index (χ0) is 13.6. The van der Waals surface area contributed by atoms with Crippen molar-refractivity contribution in [3.63, 3.8) is 0 Å². The predicted molar refractivity (Wildman–Crippen MR) is 81.9 cm³/mol. The second-order valence-electron chi connectivity index (χ2n) is 3.12. The molecule has 2 unspecified atom stereocenters. The number of hydrogen-bond donors (Lipinski definition) is 1. The molecule has 0 bridgehead atoms. The monoisotopic (exact) mass is 375 g/mol. The summed E-state index contributed by atoms with van der Waals surface area (Å²) < 4.78 is 39.2. The first-order chi connectivity index (χ1) is 8.63. The van der Waals surface area contributed by atoms with E-state index in [1.165, 1.54) is 0 Å². The molecule has 0 aliphatic rings. The van der Waals surface area contributed by atoms with Gasteiger partial charge in [0, 0.05) is 17.3 Å². The maximum atomic E-state index is 10.3. The Bertz CT molecular complexity index is 284. The summed E-state index contributed by atoms with van der Waals surface area (Å²) in [5.74, 6) is 2.21. The summed E-state index contributed by atoms with van der Waals surface area (Å²) in [6, 6.07) is 0. The van der Waals surface area contributed by atoms with Gasteiger partial charge in [0.05, 0.1) is 5.75 Å². The smallest absolute Gasteiger partial charge is 0.772 e. The van der Waals surface area contributed by atoms with Gasteiger partial charge in [0.25, 0.3) is 0 Å². The quantitative estimate of drug-likeness (QED) is 0.132. The second kappa shape index (κ2) is 21.4. The minimum absolute atomic E-state index is 0. The Morgan fingerprint density at radius 2 is 1.35 bits per heavy atom. The van der Waals surface area contributed by atoms with Crippen LogP contribution in [0.1, 0.15) is 12.8 Å². The molecule has 0 aromatic carbocycles. The van der Waals surface area contributed by atoms with Crippen LogP contribution in [0.3, 0.4) is 0 Å². The molecule has 0 saturated carbocycles. The van der Waals surface area contributed by atoms with E-state index in [1.807, 2.05) is 12.2 Å². The van der Waals surface area contributed by atoms with Crippen LogP contribution in [0.25, 0.3) is 0 Å². The predicted octanol–water partition coefficient (Wildman–Crippen LogP) is -3.63. The van der Waals surface area contributed by atoms with Crippen LogP contribution in [0, 0.1) is 0 Å². The van der Waals surface area contributed by atoms with Gasteiger partial charge in [0.2, 0.25) is 0 Å². The largest absolute Gasteiger partial charge is 1.00 e. The summed E-state index contributed by atoms with van der Waals surface area (Å²) in [4.78, 5) is 0. The third kappa shape index (κ3) is 25.4. The number of rotatable bonds is 11. The van der Waals surface area contributed by atoms with Gasteiger partial charge in [-0.15, -0.1) is 0 Å². The van der Waals surface area contributed by atoms with E-state index < -0.39 is 22.2 Å². The molecule has 0 aromatic rings. The average Bonchev–Trinajstić information content (AvgIpc) is 2.29. The van der Waals surface area contributed by atoms with Crippen LogP contribution in [0.15, 0.2) is 24.3 Å². The molecule has 0 aliphatic carbocycles. The van der Waals surface area contributed by atoms with Crippen LogP contribution in [0.2, 0.25) is 0 Å². The fraction of sp³-hybridized carbons (Fsp3) is 0.600. The number of allylic oxidation sites excluding steroid dienone is 2. The molecule has 1 N–H and O–H groups in total. The van der Waals surface area contributed by atoms with Crippen LogP contribution in [0.4, 0.5) is 0 Å². The molecule has 0 saturated heterocycles. The summed E-state index contributed by atoms with van der Waals surface area (Å²) in [6.07, 6.45) is 8.91. The van der Waals surface area contributed by atoms with Gasteiger partial charge in [-0.1, -0.05) is 57.0 Å². The Kier molecular flexibility index (Phi) is 29.2. The fourth-order valence-corrected chi connectivity index (χ4v) is 3.46. The van der Waals surface area contributed by atoms with Crippen molar-refractivity contribution in [3.05, 3.63) is 24.3 Å². The Hall–Kier alpha value is 2.40. The molecule has 0 heterocycles. The minimum Gasteiger partial charge on any atom is -0.772 e. The van der Waals surface area contributed by atoms with Crippen LogP contribution in [-0.2, 0) is 22.2 Å². The van der Waals surface area contributed by atoms with Crippen molar-refractivity contribution in [1.82, 2.24) is 0 Å². The molecular formula is C10H17Na2O4S4+. The molecule has 4 nitrogen and oxygen atoms in total. The van der Waals surface area contributed by atoms with E-state index in [9.17, 15) is 13.0 Å². The van der Waals surface area contributed by atoms with Crippen LogP contribution in [0.5, 0.6) is 0 Å². The van der Waals surface area contributed by atoms with Crippen molar-refractivity contribution in [2.24, 2.45) is 0 Å². The fourth-order valence-electron chi connectivity index (χ4n) is 0.883. The average molecular weight is 375 g/mol. The van der Waals surface area contributed by atoms with E-state index in [1.54, 1.807) is 33.7 Å². The SMILES string of the molecule is O=S([O-])C/C=C/CCSSCC/C=C/CS(=O)O.[Na+].[Na+]. The number of hydrogen-bond acceptors (Lipinski definition) is 5. The maximum Gasteiger partial charge on any atom is 1.00 e. The molecule has 10 heteroatoms. The summed E-state index contributed by atoms with van der Waals surface area (Å²) in [5, 5.41) is 0. The zero-order valence-electron chi connectivity index (χ0n) is 11.9. The molecule has 0 rings (SSSR count). The summed E-state index contributed by atoms with van der Waals surface area (Å²) in [5.41, 5.74) is 0. The molecule has 106 valence electrons. The molecule has 0 amide bonds. The van der Waals surface area contributed by atoms with Gasteiger partial charge < -0.3 is 9.11 Å². The third-order valence-electron chi connectivity index (χ3n) is 1.62. The van der Waals surface area contributed by atoms with Crippen LogP contribution < -0.4 is 59.1 Å². The van der Waals surface area contributed by atoms with Crippen molar-refractivity contribution in [3.8, 4) is 0 Å². The molecule has 0 spiro atoms. The standard InChI is InChI=1S/C10H18O4S4.2Na/c11-17(12)9-5-1-3-7-15-16-8-4-2-6-10-18(13)14;;/h1-2,5-6H,3-4,7-10H2,(H,11,12)(H,13,14);;/q;2*+1/p-1/b5-1+,6-2+;;. The molecule has 20 heavy (non-hydrogen) atoms. The van der Waals surface area contributed by atoms with Gasteiger partial charge >= 0.3 is 59.1 Å². The summed E-state index contributed by atoms with van der Waals surface area (Å²) >= 11 is -3.71. The van der Waals surface area contributed by atoms with Crippen LogP contribution >= 0.6 is 21.6 Å². The Morgan fingerprint density at radius 1 is 0.900 bits per heavy atom. The molecule has 0 fully saturated rings. The van der Waals surface area contributed by atoms with Crippen molar-refractivity contribution in [2.45, 2.75) is 12.8 Å². The van der Waals surface area contributed by atoms with Gasteiger partial charge in [-0.2, -0.15) is 0 Å². The van der Waals surface area contributed by atoms with E-state index in [0.29, 0.717) is 0 Å². The maximum absolute atomic E-state index is 10.3. The molecule has 2 atom stereocenters. The molecule has 0 aromatic heterocycles. The van der Waals surface area contributed by atoms with Gasteiger partial charge in [0.1, 0.15) is 0 Å². The molecule has 0 radical (unpaired) electrons. The van der Waals surface area contributed by atoms with Gasteiger partial charge in [-0.25, -0.2) is 4.21 Å². The Morgan fingerprint density at radius 3 is 1.75 bits per heavy atom. The van der Waals surface area contributed by atoms with Crippen molar-refractivity contribution >= 4 is 43.7 Å². The topological polar surface area (TPSA) is 77.4 Å². The Labute approximate surface area is 178 Å². The minimum atomic E-state index is -1.98. The summed E-state index contributed by atoms with van der Waals surface area (Å²) in [7, 11) is 3.49. The van der Waals surface area contributed by atoms with Gasteiger partial charge in [0.15, 0.2) is 11.1 Å². The van der Waals surface area contributed by atoms with Crippen molar-refractivity contribution in [2.75, 3.05) is 23.0 Å². The first-order valence-corrected chi connectivity index (χ1v) is 10.3. The second-order valence-corrected chi connectivity index (χ2v) is 7.74. The Balaban J connectivity index is -0.00000144. The van der Waals surface area contributed by atoms with Crippen LogP contribution in [-0.4, -0.2) is 40.5 Å². The van der Waals surface area contributed by atoms with E-state index in [4.69, 9.17) is 4.55 Å². The molecule has 0 aliphatic heterocycles. The van der Waals surface area contributed by atoms with Crippen molar-refractivity contribution < 1.29 is 76.6 Å². The van der Waals surface area contributed by atoms with E-state index in [-0.39, 0.29) is 70.6 Å². The van der Waals surface area contributed by atoms with E-state index >= 15 is 0 Å². The zero-order valence-corrected chi connectivity index (χ0v) is 19.1. The summed E-state index contributed by atoms with van der Waals surface area (Å²) in [6.45, 7) is 0. The van der Waals surface area contributed by atoms with Gasteiger partial charge in [-0.3, -0.25) is 4.21 Å². The normalized spacial score (nSPS) is 13.9. The third-order valence-corrected chi connectivity index (χ3v) is 5.04. The molecular weight excluding hydrogens is 358 g/mol. The first kappa shape index (κ1) is 27.3. The van der Waals surface area contributed by atoms with E-state index in [2.05, 4.69) is 0 Å².